The Kier molecular flexibility index (Phi) is 3.54. The van der Waals surface area contributed by atoms with Crippen molar-refractivity contribution in [1.29, 1.82) is 0 Å². The van der Waals surface area contributed by atoms with Gasteiger partial charge in [-0.1, -0.05) is 0 Å². The second-order valence-electron chi connectivity index (χ2n) is 4.12. The van der Waals surface area contributed by atoms with E-state index in [0.29, 0.717) is 6.54 Å². The molecule has 2 aromatic heterocycles. The second-order valence-corrected chi connectivity index (χ2v) is 5.35. The van der Waals surface area contributed by atoms with Crippen LogP contribution in [0.1, 0.15) is 34.4 Å². The summed E-state index contributed by atoms with van der Waals surface area (Å²) in [5.41, 5.74) is 1.11. The minimum Gasteiger partial charge on any atom is -0.302 e. The van der Waals surface area contributed by atoms with Crippen LogP contribution >= 0.6 is 11.3 Å². The lowest BCUT2D eigenvalue weighted by atomic mass is 10.2. The number of aryl methyl sites for hydroxylation is 3. The van der Waals surface area contributed by atoms with Gasteiger partial charge in [0.05, 0.1) is 17.2 Å². The number of nitrogens with one attached hydrogen (secondary N) is 1. The Balaban J connectivity index is 1.97. The van der Waals surface area contributed by atoms with E-state index in [1.807, 2.05) is 14.0 Å². The van der Waals surface area contributed by atoms with E-state index in [1.54, 1.807) is 22.3 Å². The molecule has 0 fully saturated rings. The van der Waals surface area contributed by atoms with E-state index in [-0.39, 0.29) is 6.04 Å². The summed E-state index contributed by atoms with van der Waals surface area (Å²) in [4.78, 5) is 9.91. The average Bonchev–Trinajstić information content (AvgIpc) is 2.81. The zero-order chi connectivity index (χ0) is 12.4. The van der Waals surface area contributed by atoms with Crippen molar-refractivity contribution in [3.63, 3.8) is 0 Å². The van der Waals surface area contributed by atoms with Crippen LogP contribution in [-0.2, 0) is 13.6 Å². The number of nitrogens with zero attached hydrogens (tertiary/aromatic N) is 4. The lowest BCUT2D eigenvalue weighted by molar-refractivity contribution is 0.560. The van der Waals surface area contributed by atoms with Gasteiger partial charge >= 0.3 is 0 Å². The quantitative estimate of drug-likeness (QED) is 0.899. The highest BCUT2D eigenvalue weighted by atomic mass is 32.1. The van der Waals surface area contributed by atoms with E-state index < -0.39 is 0 Å². The summed E-state index contributed by atoms with van der Waals surface area (Å²) in [6.07, 6.45) is 1.71. The molecule has 1 N–H and O–H groups in total. The van der Waals surface area contributed by atoms with Crippen LogP contribution in [0.5, 0.6) is 0 Å². The highest BCUT2D eigenvalue weighted by molar-refractivity contribution is 7.11. The van der Waals surface area contributed by atoms with Gasteiger partial charge in [-0.15, -0.1) is 11.3 Å². The number of rotatable bonds is 4. The van der Waals surface area contributed by atoms with Gasteiger partial charge in [0.15, 0.2) is 5.82 Å². The molecular weight excluding hydrogens is 234 g/mol. The molecule has 6 heteroatoms. The Morgan fingerprint density at radius 1 is 1.47 bits per heavy atom. The Hall–Kier alpha value is -1.27. The molecule has 17 heavy (non-hydrogen) atoms. The first-order valence-corrected chi connectivity index (χ1v) is 6.39. The second kappa shape index (κ2) is 4.93. The van der Waals surface area contributed by atoms with E-state index in [0.717, 1.165) is 16.5 Å². The van der Waals surface area contributed by atoms with Crippen molar-refractivity contribution in [1.82, 2.24) is 25.1 Å². The van der Waals surface area contributed by atoms with E-state index in [1.165, 1.54) is 4.88 Å². The van der Waals surface area contributed by atoms with E-state index in [4.69, 9.17) is 0 Å². The topological polar surface area (TPSA) is 55.6 Å². The summed E-state index contributed by atoms with van der Waals surface area (Å²) in [5, 5.41) is 8.76. The zero-order valence-electron chi connectivity index (χ0n) is 10.6. The highest BCUT2D eigenvalue weighted by Crippen LogP contribution is 2.24. The van der Waals surface area contributed by atoms with Crippen molar-refractivity contribution in [3.8, 4) is 0 Å². The minimum atomic E-state index is 0.282. The van der Waals surface area contributed by atoms with E-state index in [9.17, 15) is 0 Å². The zero-order valence-corrected chi connectivity index (χ0v) is 11.4. The molecule has 0 aliphatic carbocycles. The molecule has 2 aromatic rings. The van der Waals surface area contributed by atoms with Gasteiger partial charge in [-0.3, -0.25) is 4.68 Å². The van der Waals surface area contributed by atoms with Gasteiger partial charge in [0.25, 0.3) is 0 Å². The summed E-state index contributed by atoms with van der Waals surface area (Å²) in [6, 6.07) is 0.282. The Morgan fingerprint density at radius 2 is 2.24 bits per heavy atom. The van der Waals surface area contributed by atoms with Crippen molar-refractivity contribution in [2.45, 2.75) is 33.4 Å². The monoisotopic (exact) mass is 251 g/mol. The van der Waals surface area contributed by atoms with E-state index in [2.05, 4.69) is 34.2 Å². The van der Waals surface area contributed by atoms with Crippen LogP contribution in [0.15, 0.2) is 6.33 Å². The maximum atomic E-state index is 4.43. The molecule has 0 saturated carbocycles. The molecule has 0 saturated heterocycles. The van der Waals surface area contributed by atoms with Crippen molar-refractivity contribution in [3.05, 3.63) is 27.7 Å². The Bertz CT molecular complexity index is 502. The molecule has 5 nitrogen and oxygen atoms in total. The third-order valence-corrected chi connectivity index (χ3v) is 3.80. The highest BCUT2D eigenvalue weighted by Gasteiger charge is 2.12. The van der Waals surface area contributed by atoms with Gasteiger partial charge in [0.1, 0.15) is 6.33 Å². The minimum absolute atomic E-state index is 0.282. The summed E-state index contributed by atoms with van der Waals surface area (Å²) in [7, 11) is 1.87. The first-order valence-electron chi connectivity index (χ1n) is 5.58. The van der Waals surface area contributed by atoms with Crippen LogP contribution in [-0.4, -0.2) is 19.7 Å². The fraction of sp³-hybridized carbons (Fsp3) is 0.545. The Labute approximate surface area is 105 Å². The van der Waals surface area contributed by atoms with Crippen LogP contribution in [0.25, 0.3) is 0 Å². The Morgan fingerprint density at radius 3 is 2.76 bits per heavy atom. The molecule has 0 aromatic carbocycles. The van der Waals surface area contributed by atoms with Crippen molar-refractivity contribution < 1.29 is 0 Å². The van der Waals surface area contributed by atoms with Gasteiger partial charge in [0, 0.05) is 18.0 Å². The number of hydrogen-bond donors (Lipinski definition) is 1. The summed E-state index contributed by atoms with van der Waals surface area (Å²) < 4.78 is 1.71. The smallest absolute Gasteiger partial charge is 0.164 e. The molecule has 1 unspecified atom stereocenters. The van der Waals surface area contributed by atoms with Crippen LogP contribution in [0, 0.1) is 13.8 Å². The molecule has 1 atom stereocenters. The number of thiazole rings is 1. The van der Waals surface area contributed by atoms with Gasteiger partial charge in [-0.2, -0.15) is 5.10 Å². The lowest BCUT2D eigenvalue weighted by Gasteiger charge is -2.10. The molecule has 0 spiro atoms. The number of aromatic nitrogens is 4. The maximum absolute atomic E-state index is 4.43. The van der Waals surface area contributed by atoms with Crippen molar-refractivity contribution in [2.75, 3.05) is 0 Å². The molecule has 0 aliphatic rings. The van der Waals surface area contributed by atoms with Gasteiger partial charge in [-0.25, -0.2) is 9.97 Å². The number of hydrogen-bond acceptors (Lipinski definition) is 5. The van der Waals surface area contributed by atoms with Gasteiger partial charge in [0.2, 0.25) is 0 Å². The van der Waals surface area contributed by atoms with Crippen molar-refractivity contribution >= 4 is 11.3 Å². The molecule has 0 radical (unpaired) electrons. The summed E-state index contributed by atoms with van der Waals surface area (Å²) in [6.45, 7) is 6.91. The molecule has 2 rings (SSSR count). The van der Waals surface area contributed by atoms with Crippen LogP contribution in [0.3, 0.4) is 0 Å². The van der Waals surface area contributed by atoms with Gasteiger partial charge < -0.3 is 5.32 Å². The molecule has 0 aliphatic heterocycles. The SMILES string of the molecule is Cc1nc(C)c(C(C)NCc2ncn(C)n2)s1. The largest absolute Gasteiger partial charge is 0.302 e. The summed E-state index contributed by atoms with van der Waals surface area (Å²) >= 11 is 1.74. The predicted molar refractivity (Wildman–Crippen MR) is 67.8 cm³/mol. The van der Waals surface area contributed by atoms with Gasteiger partial charge in [-0.05, 0) is 20.8 Å². The first kappa shape index (κ1) is 12.2. The first-order chi connectivity index (χ1) is 8.06. The van der Waals surface area contributed by atoms with E-state index >= 15 is 0 Å². The predicted octanol–water partition coefficient (Wildman–Crippen LogP) is 1.74. The lowest BCUT2D eigenvalue weighted by Crippen LogP contribution is -2.18. The molecular formula is C11H17N5S. The van der Waals surface area contributed by atoms with Crippen molar-refractivity contribution in [2.24, 2.45) is 7.05 Å². The molecule has 0 amide bonds. The van der Waals surface area contributed by atoms with Crippen LogP contribution in [0.4, 0.5) is 0 Å². The summed E-state index contributed by atoms with van der Waals surface area (Å²) in [5.74, 6) is 0.818. The fourth-order valence-electron chi connectivity index (χ4n) is 1.75. The molecule has 92 valence electrons. The third-order valence-electron chi connectivity index (χ3n) is 2.55. The molecule has 0 bridgehead atoms. The molecule has 2 heterocycles. The normalized spacial score (nSPS) is 12.9. The fourth-order valence-corrected chi connectivity index (χ4v) is 2.71. The van der Waals surface area contributed by atoms with Crippen LogP contribution in [0.2, 0.25) is 0 Å². The maximum Gasteiger partial charge on any atom is 0.164 e. The van der Waals surface area contributed by atoms with Crippen LogP contribution < -0.4 is 5.32 Å². The standard InChI is InChI=1S/C11H17N5S/c1-7(11-8(2)14-9(3)17-11)12-5-10-13-6-16(4)15-10/h6-7,12H,5H2,1-4H3. The third kappa shape index (κ3) is 2.89. The average molecular weight is 251 g/mol.